The second-order valence-electron chi connectivity index (χ2n) is 4.64. The van der Waals surface area contributed by atoms with Gasteiger partial charge in [0.25, 0.3) is 0 Å². The zero-order chi connectivity index (χ0) is 10.4. The van der Waals surface area contributed by atoms with Gasteiger partial charge in [0.2, 0.25) is 0 Å². The molecule has 2 bridgehead atoms. The molecule has 78 valence electrons. The molecule has 1 aromatic heterocycles. The fourth-order valence-corrected chi connectivity index (χ4v) is 3.25. The van der Waals surface area contributed by atoms with Crippen LogP contribution in [0.2, 0.25) is 0 Å². The minimum Gasteiger partial charge on any atom is -0.299 e. The van der Waals surface area contributed by atoms with Crippen LogP contribution in [0.5, 0.6) is 0 Å². The Bertz CT molecular complexity index is 401. The van der Waals surface area contributed by atoms with Crippen LogP contribution in [0.1, 0.15) is 30.7 Å². The maximum atomic E-state index is 11.8. The van der Waals surface area contributed by atoms with Crippen molar-refractivity contribution in [1.29, 1.82) is 0 Å². The summed E-state index contributed by atoms with van der Waals surface area (Å²) < 4.78 is 0. The van der Waals surface area contributed by atoms with Gasteiger partial charge in [-0.2, -0.15) is 0 Å². The molecule has 3 rings (SSSR count). The van der Waals surface area contributed by atoms with Gasteiger partial charge in [0, 0.05) is 18.0 Å². The van der Waals surface area contributed by atoms with E-state index in [4.69, 9.17) is 0 Å². The van der Waals surface area contributed by atoms with Crippen molar-refractivity contribution >= 4 is 20.5 Å². The van der Waals surface area contributed by atoms with Gasteiger partial charge in [-0.25, -0.2) is 0 Å². The van der Waals surface area contributed by atoms with Gasteiger partial charge in [0.1, 0.15) is 5.78 Å². The molecule has 2 fully saturated rings. The third-order valence-electron chi connectivity index (χ3n) is 3.86. The lowest BCUT2D eigenvalue weighted by Gasteiger charge is -2.19. The number of hydrogen-bond acceptors (Lipinski definition) is 2. The number of pyridine rings is 1. The summed E-state index contributed by atoms with van der Waals surface area (Å²) in [6.45, 7) is 0. The zero-order valence-corrected chi connectivity index (χ0v) is 9.67. The van der Waals surface area contributed by atoms with Crippen LogP contribution >= 0.6 is 9.24 Å². The van der Waals surface area contributed by atoms with E-state index in [1.807, 2.05) is 12.3 Å². The molecule has 1 aromatic rings. The Morgan fingerprint density at radius 1 is 1.27 bits per heavy atom. The van der Waals surface area contributed by atoms with E-state index >= 15 is 0 Å². The van der Waals surface area contributed by atoms with Crippen molar-refractivity contribution < 1.29 is 4.79 Å². The van der Waals surface area contributed by atoms with Crippen LogP contribution in [0.15, 0.2) is 18.3 Å². The molecule has 0 N–H and O–H groups in total. The number of fused-ring (bicyclic) bond motifs is 2. The van der Waals surface area contributed by atoms with Crippen molar-refractivity contribution in [3.63, 3.8) is 0 Å². The first kappa shape index (κ1) is 9.47. The molecule has 0 aliphatic heterocycles. The molecule has 4 atom stereocenters. The highest BCUT2D eigenvalue weighted by molar-refractivity contribution is 7.26. The van der Waals surface area contributed by atoms with Crippen molar-refractivity contribution in [3.05, 3.63) is 23.9 Å². The van der Waals surface area contributed by atoms with Crippen LogP contribution in [0, 0.1) is 11.8 Å². The first-order valence-corrected chi connectivity index (χ1v) is 6.08. The van der Waals surface area contributed by atoms with Gasteiger partial charge in [-0.3, -0.25) is 9.78 Å². The molecule has 0 radical (unpaired) electrons. The quantitative estimate of drug-likeness (QED) is 0.672. The van der Waals surface area contributed by atoms with Gasteiger partial charge in [-0.1, -0.05) is 15.3 Å². The van der Waals surface area contributed by atoms with E-state index in [0.29, 0.717) is 23.5 Å². The average molecular weight is 219 g/mol. The van der Waals surface area contributed by atoms with E-state index in [9.17, 15) is 4.79 Å². The van der Waals surface area contributed by atoms with Crippen molar-refractivity contribution in [1.82, 2.24) is 4.98 Å². The molecule has 2 aliphatic carbocycles. The number of ketones is 1. The highest BCUT2D eigenvalue weighted by Gasteiger charge is 2.47. The molecule has 2 saturated carbocycles. The molecule has 3 heteroatoms. The highest BCUT2D eigenvalue weighted by atomic mass is 31.0. The Hall–Kier alpha value is -0.750. The van der Waals surface area contributed by atoms with Crippen LogP contribution < -0.4 is 5.44 Å². The minimum absolute atomic E-state index is 0.298. The molecule has 2 aliphatic rings. The topological polar surface area (TPSA) is 30.0 Å². The van der Waals surface area contributed by atoms with Gasteiger partial charge < -0.3 is 0 Å². The number of nitrogens with zero attached hydrogens (tertiary/aromatic N) is 1. The van der Waals surface area contributed by atoms with E-state index in [0.717, 1.165) is 24.7 Å². The fraction of sp³-hybridized carbons (Fsp3) is 0.500. The van der Waals surface area contributed by atoms with Gasteiger partial charge in [-0.05, 0) is 36.8 Å². The molecule has 1 heterocycles. The van der Waals surface area contributed by atoms with Gasteiger partial charge >= 0.3 is 0 Å². The first-order valence-electron chi connectivity index (χ1n) is 5.51. The van der Waals surface area contributed by atoms with Crippen LogP contribution in [-0.2, 0) is 4.79 Å². The monoisotopic (exact) mass is 219 g/mol. The van der Waals surface area contributed by atoms with Crippen LogP contribution in [0.25, 0.3) is 0 Å². The predicted molar refractivity (Wildman–Crippen MR) is 62.2 cm³/mol. The Balaban J connectivity index is 1.90. The molecule has 0 aromatic carbocycles. The largest absolute Gasteiger partial charge is 0.299 e. The third kappa shape index (κ3) is 1.43. The van der Waals surface area contributed by atoms with Crippen molar-refractivity contribution in [3.8, 4) is 0 Å². The summed E-state index contributed by atoms with van der Waals surface area (Å²) in [7, 11) is 2.59. The summed E-state index contributed by atoms with van der Waals surface area (Å²) in [6, 6.07) is 4.13. The molecule has 4 unspecified atom stereocenters. The van der Waals surface area contributed by atoms with Gasteiger partial charge in [0.15, 0.2) is 0 Å². The molecule has 0 spiro atoms. The number of carbonyl (C=O) groups excluding carboxylic acids is 1. The Kier molecular flexibility index (Phi) is 2.14. The smallest absolute Gasteiger partial charge is 0.139 e. The lowest BCUT2D eigenvalue weighted by molar-refractivity contribution is -0.121. The van der Waals surface area contributed by atoms with E-state index < -0.39 is 0 Å². The van der Waals surface area contributed by atoms with Crippen LogP contribution in [0.3, 0.4) is 0 Å². The average Bonchev–Trinajstić information content (AvgIpc) is 2.75. The lowest BCUT2D eigenvalue weighted by atomic mass is 9.84. The van der Waals surface area contributed by atoms with Crippen molar-refractivity contribution in [2.24, 2.45) is 11.8 Å². The maximum Gasteiger partial charge on any atom is 0.139 e. The number of hydrogen-bond donors (Lipinski definition) is 0. The Morgan fingerprint density at radius 2 is 2.13 bits per heavy atom. The van der Waals surface area contributed by atoms with E-state index in [1.165, 1.54) is 5.56 Å². The summed E-state index contributed by atoms with van der Waals surface area (Å²) in [6.07, 6.45) is 5.20. The lowest BCUT2D eigenvalue weighted by Crippen LogP contribution is -2.11. The predicted octanol–water partition coefficient (Wildman–Crippen LogP) is 1.66. The Morgan fingerprint density at radius 3 is 2.67 bits per heavy atom. The summed E-state index contributed by atoms with van der Waals surface area (Å²) in [4.78, 5) is 16.1. The van der Waals surface area contributed by atoms with Gasteiger partial charge in [0.05, 0.1) is 5.44 Å². The molecular formula is C12H14NOP. The fourth-order valence-electron chi connectivity index (χ4n) is 3.08. The standard InChI is InChI=1S/C12H14NOP/c14-12-7-1-3-9(12)10(5-7)8-2-4-11(15)13-6-8/h2,4,6-7,9-10H,1,3,5,15H2. The Labute approximate surface area is 91.7 Å². The molecule has 0 saturated heterocycles. The first-order chi connectivity index (χ1) is 7.25. The van der Waals surface area contributed by atoms with E-state index in [1.54, 1.807) is 0 Å². The third-order valence-corrected chi connectivity index (χ3v) is 4.20. The van der Waals surface area contributed by atoms with E-state index in [2.05, 4.69) is 20.3 Å². The van der Waals surface area contributed by atoms with Crippen molar-refractivity contribution in [2.45, 2.75) is 25.2 Å². The molecular weight excluding hydrogens is 205 g/mol. The number of carbonyl (C=O) groups is 1. The molecule has 2 nitrogen and oxygen atoms in total. The number of aromatic nitrogens is 1. The van der Waals surface area contributed by atoms with Crippen LogP contribution in [0.4, 0.5) is 0 Å². The second kappa shape index (κ2) is 3.38. The summed E-state index contributed by atoms with van der Waals surface area (Å²) >= 11 is 0. The summed E-state index contributed by atoms with van der Waals surface area (Å²) in [5, 5.41) is 0. The van der Waals surface area contributed by atoms with E-state index in [-0.39, 0.29) is 0 Å². The van der Waals surface area contributed by atoms with Crippen LogP contribution in [-0.4, -0.2) is 10.8 Å². The number of Topliss-reactive ketones (excluding diaryl/α,β-unsaturated/α-hetero) is 1. The van der Waals surface area contributed by atoms with Gasteiger partial charge in [-0.15, -0.1) is 0 Å². The number of rotatable bonds is 1. The SMILES string of the molecule is O=C1C2CCC1C(c1ccc(P)nc1)C2. The minimum atomic E-state index is 0.298. The zero-order valence-electron chi connectivity index (χ0n) is 8.52. The summed E-state index contributed by atoms with van der Waals surface area (Å²) in [5.41, 5.74) is 2.22. The van der Waals surface area contributed by atoms with Crippen molar-refractivity contribution in [2.75, 3.05) is 0 Å². The highest BCUT2D eigenvalue weighted by Crippen LogP contribution is 2.50. The second-order valence-corrected chi connectivity index (χ2v) is 5.23. The molecule has 0 amide bonds. The molecule has 15 heavy (non-hydrogen) atoms. The normalized spacial score (nSPS) is 33.7. The maximum absolute atomic E-state index is 11.8. The summed E-state index contributed by atoms with van der Waals surface area (Å²) in [5.74, 6) is 1.62.